The summed E-state index contributed by atoms with van der Waals surface area (Å²) < 4.78 is 6.34. The molecule has 5 heteroatoms. The van der Waals surface area contributed by atoms with Crippen molar-refractivity contribution in [2.45, 2.75) is 6.04 Å². The highest BCUT2D eigenvalue weighted by atomic mass is 79.9. The first-order chi connectivity index (χ1) is 7.81. The molecule has 1 aliphatic rings. The Balaban J connectivity index is 2.14. The molecule has 0 radical (unpaired) electrons. The van der Waals surface area contributed by atoms with Gasteiger partial charge in [0.2, 0.25) is 0 Å². The first-order valence-electron chi connectivity index (χ1n) is 5.43. The summed E-state index contributed by atoms with van der Waals surface area (Å²) in [6, 6.07) is 2.33. The van der Waals surface area contributed by atoms with Crippen molar-refractivity contribution >= 4 is 15.9 Å². The Kier molecular flexibility index (Phi) is 4.29. The minimum atomic E-state index is 0.244. The minimum Gasteiger partial charge on any atom is -0.379 e. The highest BCUT2D eigenvalue weighted by molar-refractivity contribution is 9.10. The lowest BCUT2D eigenvalue weighted by Gasteiger charge is -2.33. The number of pyridine rings is 1. The summed E-state index contributed by atoms with van der Waals surface area (Å²) in [6.45, 7) is 4.07. The number of halogens is 1. The van der Waals surface area contributed by atoms with Crippen LogP contribution in [0.4, 0.5) is 0 Å². The second kappa shape index (κ2) is 5.72. The Labute approximate surface area is 104 Å². The molecule has 16 heavy (non-hydrogen) atoms. The van der Waals surface area contributed by atoms with Gasteiger partial charge in [-0.3, -0.25) is 9.88 Å². The third-order valence-electron chi connectivity index (χ3n) is 2.82. The van der Waals surface area contributed by atoms with E-state index in [9.17, 15) is 0 Å². The third-order valence-corrected chi connectivity index (χ3v) is 3.25. The van der Waals surface area contributed by atoms with Gasteiger partial charge in [0.05, 0.1) is 13.2 Å². The highest BCUT2D eigenvalue weighted by Crippen LogP contribution is 2.22. The van der Waals surface area contributed by atoms with E-state index in [0.717, 1.165) is 30.8 Å². The van der Waals surface area contributed by atoms with Crippen LogP contribution in [0.3, 0.4) is 0 Å². The van der Waals surface area contributed by atoms with E-state index >= 15 is 0 Å². The number of aromatic nitrogens is 1. The number of morpholine rings is 1. The summed E-state index contributed by atoms with van der Waals surface area (Å²) in [7, 11) is 0. The molecule has 1 aromatic heterocycles. The van der Waals surface area contributed by atoms with Gasteiger partial charge in [-0.2, -0.15) is 0 Å². The SMILES string of the molecule is NC[C@H](c1cncc(Br)c1)N1CCOCC1. The monoisotopic (exact) mass is 285 g/mol. The molecule has 88 valence electrons. The Hall–Kier alpha value is -0.490. The molecule has 1 saturated heterocycles. The zero-order chi connectivity index (χ0) is 11.4. The molecule has 0 bridgehead atoms. The van der Waals surface area contributed by atoms with Crippen molar-refractivity contribution in [1.82, 2.24) is 9.88 Å². The summed E-state index contributed by atoms with van der Waals surface area (Å²) in [5.74, 6) is 0. The van der Waals surface area contributed by atoms with Crippen molar-refractivity contribution < 1.29 is 4.74 Å². The highest BCUT2D eigenvalue weighted by Gasteiger charge is 2.21. The third kappa shape index (κ3) is 2.79. The molecule has 0 amide bonds. The Bertz CT molecular complexity index is 342. The topological polar surface area (TPSA) is 51.4 Å². The number of nitrogens with two attached hydrogens (primary N) is 1. The fraction of sp³-hybridized carbons (Fsp3) is 0.545. The molecule has 1 fully saturated rings. The first kappa shape index (κ1) is 12.0. The summed E-state index contributed by atoms with van der Waals surface area (Å²) in [5.41, 5.74) is 7.03. The summed E-state index contributed by atoms with van der Waals surface area (Å²) >= 11 is 3.44. The maximum Gasteiger partial charge on any atom is 0.0594 e. The molecular weight excluding hydrogens is 270 g/mol. The first-order valence-corrected chi connectivity index (χ1v) is 6.23. The fourth-order valence-electron chi connectivity index (χ4n) is 2.00. The van der Waals surface area contributed by atoms with Gasteiger partial charge in [-0.25, -0.2) is 0 Å². The molecule has 2 rings (SSSR count). The lowest BCUT2D eigenvalue weighted by atomic mass is 10.1. The van der Waals surface area contributed by atoms with E-state index in [1.54, 1.807) is 6.20 Å². The Morgan fingerprint density at radius 1 is 1.44 bits per heavy atom. The molecule has 0 aliphatic carbocycles. The van der Waals surface area contributed by atoms with Crippen LogP contribution in [0.5, 0.6) is 0 Å². The normalized spacial score (nSPS) is 19.6. The van der Waals surface area contributed by atoms with Crippen LogP contribution in [-0.4, -0.2) is 42.7 Å². The number of rotatable bonds is 3. The van der Waals surface area contributed by atoms with Crippen LogP contribution < -0.4 is 5.73 Å². The van der Waals surface area contributed by atoms with Gasteiger partial charge in [-0.15, -0.1) is 0 Å². The molecule has 0 saturated carbocycles. The van der Waals surface area contributed by atoms with Crippen LogP contribution in [0.15, 0.2) is 22.9 Å². The van der Waals surface area contributed by atoms with Gasteiger partial charge in [0.15, 0.2) is 0 Å². The molecule has 2 heterocycles. The van der Waals surface area contributed by atoms with E-state index in [-0.39, 0.29) is 6.04 Å². The maximum absolute atomic E-state index is 5.86. The van der Waals surface area contributed by atoms with E-state index in [1.165, 1.54) is 5.56 Å². The van der Waals surface area contributed by atoms with Gasteiger partial charge >= 0.3 is 0 Å². The van der Waals surface area contributed by atoms with E-state index in [4.69, 9.17) is 10.5 Å². The molecule has 4 nitrogen and oxygen atoms in total. The van der Waals surface area contributed by atoms with E-state index < -0.39 is 0 Å². The molecule has 2 N–H and O–H groups in total. The number of nitrogens with zero attached hydrogens (tertiary/aromatic N) is 2. The van der Waals surface area contributed by atoms with Crippen molar-refractivity contribution in [1.29, 1.82) is 0 Å². The summed E-state index contributed by atoms with van der Waals surface area (Å²) in [4.78, 5) is 6.54. The summed E-state index contributed by atoms with van der Waals surface area (Å²) in [5, 5.41) is 0. The maximum atomic E-state index is 5.86. The van der Waals surface area contributed by atoms with Crippen molar-refractivity contribution in [2.24, 2.45) is 5.73 Å². The molecule has 1 atom stereocenters. The van der Waals surface area contributed by atoms with Gasteiger partial charge in [0.1, 0.15) is 0 Å². The van der Waals surface area contributed by atoms with Gasteiger partial charge in [0, 0.05) is 42.5 Å². The second-order valence-corrected chi connectivity index (χ2v) is 4.75. The lowest BCUT2D eigenvalue weighted by Crippen LogP contribution is -2.41. The second-order valence-electron chi connectivity index (χ2n) is 3.84. The average molecular weight is 286 g/mol. The smallest absolute Gasteiger partial charge is 0.0594 e. The number of ether oxygens (including phenoxy) is 1. The Morgan fingerprint density at radius 2 is 2.19 bits per heavy atom. The lowest BCUT2D eigenvalue weighted by molar-refractivity contribution is 0.0178. The van der Waals surface area contributed by atoms with E-state index in [2.05, 4.69) is 31.9 Å². The van der Waals surface area contributed by atoms with Crippen molar-refractivity contribution in [3.05, 3.63) is 28.5 Å². The fourth-order valence-corrected chi connectivity index (χ4v) is 2.38. The zero-order valence-corrected chi connectivity index (χ0v) is 10.7. The molecule has 1 aliphatic heterocycles. The van der Waals surface area contributed by atoms with Gasteiger partial charge in [0.25, 0.3) is 0 Å². The van der Waals surface area contributed by atoms with E-state index in [1.807, 2.05) is 6.20 Å². The summed E-state index contributed by atoms with van der Waals surface area (Å²) in [6.07, 6.45) is 3.67. The standard InChI is InChI=1S/C11H16BrN3O/c12-10-5-9(7-14-8-10)11(6-13)15-1-3-16-4-2-15/h5,7-8,11H,1-4,6,13H2/t11-/m1/s1. The molecule has 0 spiro atoms. The van der Waals surface area contributed by atoms with E-state index in [0.29, 0.717) is 6.54 Å². The number of hydrogen-bond acceptors (Lipinski definition) is 4. The number of hydrogen-bond donors (Lipinski definition) is 1. The van der Waals surface area contributed by atoms with Gasteiger partial charge < -0.3 is 10.5 Å². The van der Waals surface area contributed by atoms with Crippen LogP contribution in [0.1, 0.15) is 11.6 Å². The average Bonchev–Trinajstić information content (AvgIpc) is 2.31. The van der Waals surface area contributed by atoms with Crippen molar-refractivity contribution in [3.63, 3.8) is 0 Å². The quantitative estimate of drug-likeness (QED) is 0.906. The largest absolute Gasteiger partial charge is 0.379 e. The molecule has 1 aromatic rings. The van der Waals surface area contributed by atoms with Crippen LogP contribution in [-0.2, 0) is 4.74 Å². The Morgan fingerprint density at radius 3 is 2.81 bits per heavy atom. The predicted octanol–water partition coefficient (Wildman–Crippen LogP) is 1.18. The van der Waals surface area contributed by atoms with Crippen LogP contribution >= 0.6 is 15.9 Å². The molecular formula is C11H16BrN3O. The van der Waals surface area contributed by atoms with Gasteiger partial charge in [-0.1, -0.05) is 0 Å². The van der Waals surface area contributed by atoms with Crippen LogP contribution in [0, 0.1) is 0 Å². The van der Waals surface area contributed by atoms with Crippen LogP contribution in [0.25, 0.3) is 0 Å². The predicted molar refractivity (Wildman–Crippen MR) is 66.1 cm³/mol. The van der Waals surface area contributed by atoms with Crippen molar-refractivity contribution in [2.75, 3.05) is 32.8 Å². The van der Waals surface area contributed by atoms with Crippen molar-refractivity contribution in [3.8, 4) is 0 Å². The zero-order valence-electron chi connectivity index (χ0n) is 9.10. The minimum absolute atomic E-state index is 0.244. The van der Waals surface area contributed by atoms with Gasteiger partial charge in [-0.05, 0) is 27.6 Å². The molecule has 0 unspecified atom stereocenters. The van der Waals surface area contributed by atoms with Crippen LogP contribution in [0.2, 0.25) is 0 Å². The molecule has 0 aromatic carbocycles.